The SMILES string of the molecule is C=C1CN2CCN(CCOC)C[C@@]2(COC)C1. The second kappa shape index (κ2) is 5.48. The van der Waals surface area contributed by atoms with Crippen molar-refractivity contribution in [3.8, 4) is 0 Å². The Balaban J connectivity index is 2.02. The van der Waals surface area contributed by atoms with Gasteiger partial charge in [0.2, 0.25) is 0 Å². The third-order valence-corrected chi connectivity index (χ3v) is 3.89. The molecule has 2 aliphatic rings. The van der Waals surface area contributed by atoms with E-state index in [9.17, 15) is 0 Å². The van der Waals surface area contributed by atoms with E-state index in [1.165, 1.54) is 5.57 Å². The van der Waals surface area contributed by atoms with Gasteiger partial charge >= 0.3 is 0 Å². The molecule has 17 heavy (non-hydrogen) atoms. The molecule has 0 radical (unpaired) electrons. The van der Waals surface area contributed by atoms with Gasteiger partial charge < -0.3 is 9.47 Å². The molecule has 2 fully saturated rings. The molecule has 0 spiro atoms. The molecule has 2 rings (SSSR count). The van der Waals surface area contributed by atoms with E-state index < -0.39 is 0 Å². The molecule has 0 bridgehead atoms. The molecule has 0 amide bonds. The number of methoxy groups -OCH3 is 2. The van der Waals surface area contributed by atoms with Crippen LogP contribution in [0.1, 0.15) is 6.42 Å². The molecular formula is C13H24N2O2. The molecule has 4 heteroatoms. The van der Waals surface area contributed by atoms with Gasteiger partial charge in [-0.25, -0.2) is 0 Å². The Bertz CT molecular complexity index is 283. The maximum Gasteiger partial charge on any atom is 0.0662 e. The molecule has 98 valence electrons. The summed E-state index contributed by atoms with van der Waals surface area (Å²) >= 11 is 0. The number of nitrogens with zero attached hydrogens (tertiary/aromatic N) is 2. The van der Waals surface area contributed by atoms with E-state index in [2.05, 4.69) is 16.4 Å². The Hall–Kier alpha value is -0.420. The summed E-state index contributed by atoms with van der Waals surface area (Å²) < 4.78 is 10.6. The van der Waals surface area contributed by atoms with Crippen LogP contribution in [0.15, 0.2) is 12.2 Å². The minimum atomic E-state index is 0.165. The normalized spacial score (nSPS) is 30.8. The summed E-state index contributed by atoms with van der Waals surface area (Å²) in [7, 11) is 3.56. The molecule has 2 saturated heterocycles. The summed E-state index contributed by atoms with van der Waals surface area (Å²) in [4.78, 5) is 5.03. The lowest BCUT2D eigenvalue weighted by Gasteiger charge is -2.46. The lowest BCUT2D eigenvalue weighted by molar-refractivity contribution is -0.0283. The van der Waals surface area contributed by atoms with Crippen molar-refractivity contribution in [3.63, 3.8) is 0 Å². The fraction of sp³-hybridized carbons (Fsp3) is 0.846. The van der Waals surface area contributed by atoms with E-state index in [-0.39, 0.29) is 5.54 Å². The first-order valence-electron chi connectivity index (χ1n) is 6.32. The van der Waals surface area contributed by atoms with Crippen molar-refractivity contribution in [2.75, 3.05) is 60.2 Å². The Morgan fingerprint density at radius 3 is 2.82 bits per heavy atom. The van der Waals surface area contributed by atoms with E-state index in [4.69, 9.17) is 9.47 Å². The molecule has 0 aromatic carbocycles. The maximum atomic E-state index is 5.45. The molecule has 2 heterocycles. The standard InChI is InChI=1S/C13H24N2O2/c1-12-8-13(11-17-3)10-14(6-7-16-2)4-5-15(13)9-12/h1,4-11H2,2-3H3/t13-/m1/s1. The molecule has 4 nitrogen and oxygen atoms in total. The predicted molar refractivity (Wildman–Crippen MR) is 68.3 cm³/mol. The Morgan fingerprint density at radius 2 is 2.12 bits per heavy atom. The van der Waals surface area contributed by atoms with Crippen LogP contribution in [-0.4, -0.2) is 75.5 Å². The van der Waals surface area contributed by atoms with Gasteiger partial charge in [-0.2, -0.15) is 0 Å². The molecule has 0 unspecified atom stereocenters. The molecule has 0 N–H and O–H groups in total. The van der Waals surface area contributed by atoms with Crippen LogP contribution in [0.2, 0.25) is 0 Å². The topological polar surface area (TPSA) is 24.9 Å². The van der Waals surface area contributed by atoms with Crippen LogP contribution in [0.25, 0.3) is 0 Å². The summed E-state index contributed by atoms with van der Waals surface area (Å²) in [6, 6.07) is 0. The highest BCUT2D eigenvalue weighted by molar-refractivity contribution is 5.17. The van der Waals surface area contributed by atoms with E-state index in [1.807, 2.05) is 0 Å². The van der Waals surface area contributed by atoms with Gasteiger partial charge in [0.05, 0.1) is 18.8 Å². The summed E-state index contributed by atoms with van der Waals surface area (Å²) in [6.45, 7) is 11.1. The lowest BCUT2D eigenvalue weighted by Crippen LogP contribution is -2.61. The summed E-state index contributed by atoms with van der Waals surface area (Å²) in [5.41, 5.74) is 1.51. The van der Waals surface area contributed by atoms with Gasteiger partial charge in [-0.05, 0) is 6.42 Å². The quantitative estimate of drug-likeness (QED) is 0.657. The second-order valence-corrected chi connectivity index (χ2v) is 5.27. The zero-order chi connectivity index (χ0) is 12.3. The van der Waals surface area contributed by atoms with Gasteiger partial charge in [0.25, 0.3) is 0 Å². The molecule has 0 aliphatic carbocycles. The van der Waals surface area contributed by atoms with Crippen LogP contribution in [0.3, 0.4) is 0 Å². The lowest BCUT2D eigenvalue weighted by atomic mass is 9.93. The van der Waals surface area contributed by atoms with Gasteiger partial charge in [-0.3, -0.25) is 9.80 Å². The van der Waals surface area contributed by atoms with E-state index >= 15 is 0 Å². The summed E-state index contributed by atoms with van der Waals surface area (Å²) in [6.07, 6.45) is 1.07. The summed E-state index contributed by atoms with van der Waals surface area (Å²) in [5, 5.41) is 0. The van der Waals surface area contributed by atoms with Crippen molar-refractivity contribution in [3.05, 3.63) is 12.2 Å². The number of hydrogen-bond donors (Lipinski definition) is 0. The fourth-order valence-corrected chi connectivity index (χ4v) is 3.17. The van der Waals surface area contributed by atoms with Crippen LogP contribution < -0.4 is 0 Å². The van der Waals surface area contributed by atoms with Gasteiger partial charge in [0, 0.05) is 46.9 Å². The smallest absolute Gasteiger partial charge is 0.0662 e. The van der Waals surface area contributed by atoms with Crippen LogP contribution in [0, 0.1) is 0 Å². The predicted octanol–water partition coefficient (Wildman–Crippen LogP) is 0.595. The second-order valence-electron chi connectivity index (χ2n) is 5.27. The number of hydrogen-bond acceptors (Lipinski definition) is 4. The first kappa shape index (κ1) is 13.0. The van der Waals surface area contributed by atoms with Crippen LogP contribution >= 0.6 is 0 Å². The number of rotatable bonds is 5. The minimum absolute atomic E-state index is 0.165. The zero-order valence-electron chi connectivity index (χ0n) is 11.1. The highest BCUT2D eigenvalue weighted by Crippen LogP contribution is 2.35. The third-order valence-electron chi connectivity index (χ3n) is 3.89. The van der Waals surface area contributed by atoms with E-state index in [0.717, 1.165) is 52.4 Å². The molecule has 1 atom stereocenters. The van der Waals surface area contributed by atoms with Crippen LogP contribution in [0.5, 0.6) is 0 Å². The first-order chi connectivity index (χ1) is 8.20. The van der Waals surface area contributed by atoms with Crippen molar-refractivity contribution in [1.29, 1.82) is 0 Å². The molecule has 0 aromatic rings. The van der Waals surface area contributed by atoms with Gasteiger partial charge in [-0.15, -0.1) is 0 Å². The molecule has 0 saturated carbocycles. The Labute approximate surface area is 104 Å². The number of piperazine rings is 1. The number of fused-ring (bicyclic) bond motifs is 1. The molecular weight excluding hydrogens is 216 g/mol. The average Bonchev–Trinajstić information content (AvgIpc) is 2.61. The Kier molecular flexibility index (Phi) is 4.20. The van der Waals surface area contributed by atoms with Gasteiger partial charge in [0.15, 0.2) is 0 Å². The van der Waals surface area contributed by atoms with Crippen molar-refractivity contribution >= 4 is 0 Å². The zero-order valence-corrected chi connectivity index (χ0v) is 11.1. The fourth-order valence-electron chi connectivity index (χ4n) is 3.17. The van der Waals surface area contributed by atoms with Crippen molar-refractivity contribution in [2.24, 2.45) is 0 Å². The highest BCUT2D eigenvalue weighted by Gasteiger charge is 2.46. The monoisotopic (exact) mass is 240 g/mol. The van der Waals surface area contributed by atoms with Gasteiger partial charge in [0.1, 0.15) is 0 Å². The first-order valence-corrected chi connectivity index (χ1v) is 6.32. The third kappa shape index (κ3) is 2.71. The highest BCUT2D eigenvalue weighted by atomic mass is 16.5. The van der Waals surface area contributed by atoms with E-state index in [1.54, 1.807) is 14.2 Å². The Morgan fingerprint density at radius 1 is 1.29 bits per heavy atom. The summed E-state index contributed by atoms with van der Waals surface area (Å²) in [5.74, 6) is 0. The molecule has 2 aliphatic heterocycles. The largest absolute Gasteiger partial charge is 0.383 e. The van der Waals surface area contributed by atoms with Crippen molar-refractivity contribution in [2.45, 2.75) is 12.0 Å². The van der Waals surface area contributed by atoms with Crippen molar-refractivity contribution < 1.29 is 9.47 Å². The van der Waals surface area contributed by atoms with Crippen LogP contribution in [-0.2, 0) is 9.47 Å². The van der Waals surface area contributed by atoms with E-state index in [0.29, 0.717) is 0 Å². The number of ether oxygens (including phenoxy) is 2. The maximum absolute atomic E-state index is 5.45. The average molecular weight is 240 g/mol. The van der Waals surface area contributed by atoms with Crippen LogP contribution in [0.4, 0.5) is 0 Å². The van der Waals surface area contributed by atoms with Gasteiger partial charge in [-0.1, -0.05) is 12.2 Å². The van der Waals surface area contributed by atoms with Crippen molar-refractivity contribution in [1.82, 2.24) is 9.80 Å². The molecule has 0 aromatic heterocycles. The minimum Gasteiger partial charge on any atom is -0.383 e.